The summed E-state index contributed by atoms with van der Waals surface area (Å²) in [6, 6.07) is 0. The van der Waals surface area contributed by atoms with E-state index < -0.39 is 0 Å². The molecule has 78 valence electrons. The molecule has 1 heterocycles. The SMILES string of the molecule is CCC(C)[C@H]1CC[C@@H](C(C)C)CO1. The van der Waals surface area contributed by atoms with E-state index in [1.54, 1.807) is 0 Å². The lowest BCUT2D eigenvalue weighted by Crippen LogP contribution is -2.32. The highest BCUT2D eigenvalue weighted by molar-refractivity contribution is 4.75. The van der Waals surface area contributed by atoms with Crippen molar-refractivity contribution in [2.75, 3.05) is 6.61 Å². The van der Waals surface area contributed by atoms with Crippen LogP contribution in [0.3, 0.4) is 0 Å². The van der Waals surface area contributed by atoms with Crippen molar-refractivity contribution in [3.8, 4) is 0 Å². The first-order valence-electron chi connectivity index (χ1n) is 5.76. The van der Waals surface area contributed by atoms with Crippen LogP contribution in [0.2, 0.25) is 0 Å². The van der Waals surface area contributed by atoms with Gasteiger partial charge in [0.2, 0.25) is 0 Å². The zero-order valence-electron chi connectivity index (χ0n) is 9.55. The topological polar surface area (TPSA) is 9.23 Å². The van der Waals surface area contributed by atoms with E-state index in [0.717, 1.165) is 24.4 Å². The minimum atomic E-state index is 0.542. The summed E-state index contributed by atoms with van der Waals surface area (Å²) in [5, 5.41) is 0. The van der Waals surface area contributed by atoms with Crippen LogP contribution in [0.1, 0.15) is 47.0 Å². The summed E-state index contributed by atoms with van der Waals surface area (Å²) in [7, 11) is 0. The summed E-state index contributed by atoms with van der Waals surface area (Å²) in [5.41, 5.74) is 0. The van der Waals surface area contributed by atoms with E-state index >= 15 is 0 Å². The first-order valence-corrected chi connectivity index (χ1v) is 5.76. The van der Waals surface area contributed by atoms with Gasteiger partial charge in [-0.25, -0.2) is 0 Å². The zero-order chi connectivity index (χ0) is 9.84. The van der Waals surface area contributed by atoms with E-state index in [0.29, 0.717) is 6.10 Å². The molecule has 0 aliphatic carbocycles. The van der Waals surface area contributed by atoms with Crippen molar-refractivity contribution in [1.82, 2.24) is 0 Å². The van der Waals surface area contributed by atoms with Crippen molar-refractivity contribution in [3.05, 3.63) is 0 Å². The fourth-order valence-electron chi connectivity index (χ4n) is 2.03. The normalized spacial score (nSPS) is 32.1. The van der Waals surface area contributed by atoms with Crippen LogP contribution in [0.25, 0.3) is 0 Å². The van der Waals surface area contributed by atoms with Crippen molar-refractivity contribution in [2.24, 2.45) is 17.8 Å². The van der Waals surface area contributed by atoms with Crippen LogP contribution in [-0.2, 0) is 4.74 Å². The molecule has 1 fully saturated rings. The van der Waals surface area contributed by atoms with Gasteiger partial charge in [0.25, 0.3) is 0 Å². The molecule has 0 N–H and O–H groups in total. The van der Waals surface area contributed by atoms with Crippen molar-refractivity contribution < 1.29 is 4.74 Å². The van der Waals surface area contributed by atoms with Crippen LogP contribution >= 0.6 is 0 Å². The first kappa shape index (κ1) is 11.0. The van der Waals surface area contributed by atoms with Gasteiger partial charge in [0.1, 0.15) is 0 Å². The van der Waals surface area contributed by atoms with Gasteiger partial charge < -0.3 is 4.74 Å². The fourth-order valence-corrected chi connectivity index (χ4v) is 2.03. The minimum absolute atomic E-state index is 0.542. The second-order valence-electron chi connectivity index (χ2n) is 4.84. The Morgan fingerprint density at radius 1 is 1.23 bits per heavy atom. The molecule has 1 rings (SSSR count). The predicted molar refractivity (Wildman–Crippen MR) is 56.8 cm³/mol. The molecule has 1 aliphatic rings. The Labute approximate surface area is 82.9 Å². The molecule has 0 saturated carbocycles. The molecule has 1 nitrogen and oxygen atoms in total. The van der Waals surface area contributed by atoms with Gasteiger partial charge in [-0.1, -0.05) is 34.1 Å². The summed E-state index contributed by atoms with van der Waals surface area (Å²) in [4.78, 5) is 0. The number of hydrogen-bond donors (Lipinski definition) is 0. The second-order valence-corrected chi connectivity index (χ2v) is 4.84. The highest BCUT2D eigenvalue weighted by Crippen LogP contribution is 2.29. The summed E-state index contributed by atoms with van der Waals surface area (Å²) < 4.78 is 5.90. The lowest BCUT2D eigenvalue weighted by Gasteiger charge is -2.34. The Kier molecular flexibility index (Phi) is 4.24. The molecule has 0 aromatic heterocycles. The molecule has 0 radical (unpaired) electrons. The summed E-state index contributed by atoms with van der Waals surface area (Å²) in [6.45, 7) is 10.2. The standard InChI is InChI=1S/C12H24O/c1-5-10(4)12-7-6-11(8-13-12)9(2)3/h9-12H,5-8H2,1-4H3/t10?,11-,12-/m1/s1. The molecule has 1 aliphatic heterocycles. The maximum Gasteiger partial charge on any atom is 0.0600 e. The van der Waals surface area contributed by atoms with Crippen LogP contribution in [-0.4, -0.2) is 12.7 Å². The van der Waals surface area contributed by atoms with Gasteiger partial charge in [0.15, 0.2) is 0 Å². The molecule has 13 heavy (non-hydrogen) atoms. The zero-order valence-corrected chi connectivity index (χ0v) is 9.55. The second kappa shape index (κ2) is 4.99. The fraction of sp³-hybridized carbons (Fsp3) is 1.00. The van der Waals surface area contributed by atoms with Gasteiger partial charge in [0, 0.05) is 0 Å². The molecule has 0 spiro atoms. The van der Waals surface area contributed by atoms with Crippen LogP contribution < -0.4 is 0 Å². The maximum absolute atomic E-state index is 5.90. The average Bonchev–Trinajstić information content (AvgIpc) is 2.17. The van der Waals surface area contributed by atoms with Crippen LogP contribution in [0.15, 0.2) is 0 Å². The highest BCUT2D eigenvalue weighted by Gasteiger charge is 2.26. The summed E-state index contributed by atoms with van der Waals surface area (Å²) in [6.07, 6.45) is 4.43. The maximum atomic E-state index is 5.90. The Morgan fingerprint density at radius 2 is 1.92 bits per heavy atom. The van der Waals surface area contributed by atoms with E-state index in [1.165, 1.54) is 19.3 Å². The van der Waals surface area contributed by atoms with E-state index in [1.807, 2.05) is 0 Å². The van der Waals surface area contributed by atoms with Crippen LogP contribution in [0, 0.1) is 17.8 Å². The monoisotopic (exact) mass is 184 g/mol. The Bertz CT molecular complexity index is 134. The van der Waals surface area contributed by atoms with E-state index in [4.69, 9.17) is 4.74 Å². The van der Waals surface area contributed by atoms with Crippen molar-refractivity contribution in [3.63, 3.8) is 0 Å². The van der Waals surface area contributed by atoms with Gasteiger partial charge in [-0.3, -0.25) is 0 Å². The molecule has 1 saturated heterocycles. The molecule has 0 aromatic carbocycles. The van der Waals surface area contributed by atoms with Gasteiger partial charge in [-0.15, -0.1) is 0 Å². The van der Waals surface area contributed by atoms with Gasteiger partial charge in [0.05, 0.1) is 12.7 Å². The molecule has 1 heteroatoms. The van der Waals surface area contributed by atoms with E-state index in [-0.39, 0.29) is 0 Å². The third-order valence-corrected chi connectivity index (χ3v) is 3.57. The smallest absolute Gasteiger partial charge is 0.0600 e. The molecule has 0 amide bonds. The Morgan fingerprint density at radius 3 is 2.31 bits per heavy atom. The molecule has 0 bridgehead atoms. The Balaban J connectivity index is 2.30. The lowest BCUT2D eigenvalue weighted by molar-refractivity contribution is -0.0538. The predicted octanol–water partition coefficient (Wildman–Crippen LogP) is 3.48. The largest absolute Gasteiger partial charge is 0.378 e. The quantitative estimate of drug-likeness (QED) is 0.652. The molecular formula is C12H24O. The third kappa shape index (κ3) is 2.98. The average molecular weight is 184 g/mol. The number of ether oxygens (including phenoxy) is 1. The Hall–Kier alpha value is -0.0400. The minimum Gasteiger partial charge on any atom is -0.378 e. The highest BCUT2D eigenvalue weighted by atomic mass is 16.5. The van der Waals surface area contributed by atoms with Gasteiger partial charge in [-0.2, -0.15) is 0 Å². The van der Waals surface area contributed by atoms with Crippen molar-refractivity contribution in [2.45, 2.75) is 53.1 Å². The summed E-state index contributed by atoms with van der Waals surface area (Å²) >= 11 is 0. The van der Waals surface area contributed by atoms with Crippen LogP contribution in [0.5, 0.6) is 0 Å². The molecule has 3 atom stereocenters. The molecular weight excluding hydrogens is 160 g/mol. The number of hydrogen-bond acceptors (Lipinski definition) is 1. The van der Waals surface area contributed by atoms with Crippen molar-refractivity contribution >= 4 is 0 Å². The van der Waals surface area contributed by atoms with E-state index in [9.17, 15) is 0 Å². The lowest BCUT2D eigenvalue weighted by atomic mass is 9.85. The third-order valence-electron chi connectivity index (χ3n) is 3.57. The van der Waals surface area contributed by atoms with Crippen molar-refractivity contribution in [1.29, 1.82) is 0 Å². The summed E-state index contributed by atoms with van der Waals surface area (Å²) in [5.74, 6) is 2.34. The molecule has 0 aromatic rings. The first-order chi connectivity index (χ1) is 6.15. The number of rotatable bonds is 3. The van der Waals surface area contributed by atoms with Gasteiger partial charge >= 0.3 is 0 Å². The van der Waals surface area contributed by atoms with Gasteiger partial charge in [-0.05, 0) is 30.6 Å². The van der Waals surface area contributed by atoms with Crippen LogP contribution in [0.4, 0.5) is 0 Å². The van der Waals surface area contributed by atoms with E-state index in [2.05, 4.69) is 27.7 Å². The molecule has 1 unspecified atom stereocenters.